The van der Waals surface area contributed by atoms with Gasteiger partial charge in [0.25, 0.3) is 11.6 Å². The molecule has 0 saturated heterocycles. The topological polar surface area (TPSA) is 97.5 Å². The number of nitrogens with one attached hydrogen (secondary N) is 1. The van der Waals surface area contributed by atoms with Crippen LogP contribution >= 0.6 is 0 Å². The van der Waals surface area contributed by atoms with Gasteiger partial charge in [0.15, 0.2) is 0 Å². The predicted octanol–water partition coefficient (Wildman–Crippen LogP) is 2.32. The first-order chi connectivity index (χ1) is 10.6. The number of amides is 1. The molecule has 1 amide bonds. The Morgan fingerprint density at radius 1 is 1.36 bits per heavy atom. The van der Waals surface area contributed by atoms with Crippen LogP contribution in [-0.2, 0) is 6.42 Å². The molecule has 2 rings (SSSR count). The van der Waals surface area contributed by atoms with Crippen molar-refractivity contribution in [3.05, 3.63) is 69.5 Å². The van der Waals surface area contributed by atoms with Crippen molar-refractivity contribution < 1.29 is 9.72 Å². The van der Waals surface area contributed by atoms with Crippen molar-refractivity contribution in [2.45, 2.75) is 13.3 Å². The summed E-state index contributed by atoms with van der Waals surface area (Å²) in [5, 5.41) is 14.4. The zero-order valence-electron chi connectivity index (χ0n) is 11.9. The Hall–Kier alpha value is -3.09. The number of pyridine rings is 1. The SMILES string of the molecule is CCc1cc(C=NNC(=O)c2ccc([N+](=O)[O-])cc2)ccn1. The molecule has 0 fully saturated rings. The lowest BCUT2D eigenvalue weighted by molar-refractivity contribution is -0.384. The Morgan fingerprint density at radius 3 is 2.73 bits per heavy atom. The van der Waals surface area contributed by atoms with E-state index in [1.807, 2.05) is 13.0 Å². The maximum atomic E-state index is 11.8. The maximum absolute atomic E-state index is 11.8. The molecule has 0 aliphatic rings. The minimum Gasteiger partial charge on any atom is -0.267 e. The molecule has 0 unspecified atom stereocenters. The number of aryl methyl sites for hydroxylation is 1. The van der Waals surface area contributed by atoms with Gasteiger partial charge in [-0.2, -0.15) is 5.10 Å². The Kier molecular flexibility index (Phi) is 4.92. The van der Waals surface area contributed by atoms with Crippen molar-refractivity contribution in [2.24, 2.45) is 5.10 Å². The van der Waals surface area contributed by atoms with Crippen LogP contribution in [0.2, 0.25) is 0 Å². The number of carbonyl (C=O) groups excluding carboxylic acids is 1. The van der Waals surface area contributed by atoms with Crippen molar-refractivity contribution in [1.82, 2.24) is 10.4 Å². The zero-order chi connectivity index (χ0) is 15.9. The Bertz CT molecular complexity index is 711. The molecule has 0 bridgehead atoms. The third-order valence-electron chi connectivity index (χ3n) is 2.92. The minimum atomic E-state index is -0.519. The summed E-state index contributed by atoms with van der Waals surface area (Å²) >= 11 is 0. The second kappa shape index (κ2) is 7.07. The highest BCUT2D eigenvalue weighted by Crippen LogP contribution is 2.11. The zero-order valence-corrected chi connectivity index (χ0v) is 11.9. The number of hydrogen-bond donors (Lipinski definition) is 1. The smallest absolute Gasteiger partial charge is 0.267 e. The Balaban J connectivity index is 1.99. The maximum Gasteiger partial charge on any atom is 0.271 e. The average Bonchev–Trinajstić information content (AvgIpc) is 2.55. The number of benzene rings is 1. The number of aromatic nitrogens is 1. The first-order valence-electron chi connectivity index (χ1n) is 6.63. The van der Waals surface area contributed by atoms with Gasteiger partial charge in [0.1, 0.15) is 0 Å². The van der Waals surface area contributed by atoms with E-state index >= 15 is 0 Å². The molecule has 22 heavy (non-hydrogen) atoms. The molecule has 112 valence electrons. The van der Waals surface area contributed by atoms with Crippen molar-refractivity contribution in [3.8, 4) is 0 Å². The summed E-state index contributed by atoms with van der Waals surface area (Å²) in [5.74, 6) is -0.434. The highest BCUT2D eigenvalue weighted by molar-refractivity contribution is 5.95. The number of nitro groups is 1. The van der Waals surface area contributed by atoms with Gasteiger partial charge in [0.05, 0.1) is 11.1 Å². The molecule has 1 N–H and O–H groups in total. The van der Waals surface area contributed by atoms with Crippen molar-refractivity contribution in [3.63, 3.8) is 0 Å². The van der Waals surface area contributed by atoms with E-state index < -0.39 is 10.8 Å². The number of carbonyl (C=O) groups is 1. The first-order valence-corrected chi connectivity index (χ1v) is 6.63. The number of rotatable bonds is 5. The lowest BCUT2D eigenvalue weighted by atomic mass is 10.2. The van der Waals surface area contributed by atoms with Crippen LogP contribution in [0.15, 0.2) is 47.7 Å². The van der Waals surface area contributed by atoms with Crippen LogP contribution in [0, 0.1) is 10.1 Å². The Labute approximate surface area is 126 Å². The van der Waals surface area contributed by atoms with Gasteiger partial charge in [-0.25, -0.2) is 5.43 Å². The molecule has 0 radical (unpaired) electrons. The monoisotopic (exact) mass is 298 g/mol. The highest BCUT2D eigenvalue weighted by Gasteiger charge is 2.08. The molecule has 1 aromatic carbocycles. The van der Waals surface area contributed by atoms with Gasteiger partial charge in [0.2, 0.25) is 0 Å². The van der Waals surface area contributed by atoms with Gasteiger partial charge in [0, 0.05) is 29.6 Å². The van der Waals surface area contributed by atoms with E-state index in [1.54, 1.807) is 12.3 Å². The summed E-state index contributed by atoms with van der Waals surface area (Å²) in [6, 6.07) is 8.96. The predicted molar refractivity (Wildman–Crippen MR) is 81.8 cm³/mol. The van der Waals surface area contributed by atoms with Gasteiger partial charge in [-0.05, 0) is 36.2 Å². The summed E-state index contributed by atoms with van der Waals surface area (Å²) in [6.45, 7) is 2.00. The van der Waals surface area contributed by atoms with Crippen LogP contribution in [0.25, 0.3) is 0 Å². The molecule has 0 aliphatic heterocycles. The van der Waals surface area contributed by atoms with E-state index in [-0.39, 0.29) is 5.69 Å². The number of hydrogen-bond acceptors (Lipinski definition) is 5. The second-order valence-corrected chi connectivity index (χ2v) is 4.44. The first kappa shape index (κ1) is 15.3. The van der Waals surface area contributed by atoms with Gasteiger partial charge in [-0.15, -0.1) is 0 Å². The van der Waals surface area contributed by atoms with E-state index in [2.05, 4.69) is 15.5 Å². The lowest BCUT2D eigenvalue weighted by Gasteiger charge is -2.00. The second-order valence-electron chi connectivity index (χ2n) is 4.44. The van der Waals surface area contributed by atoms with Crippen molar-refractivity contribution in [1.29, 1.82) is 0 Å². The van der Waals surface area contributed by atoms with E-state index in [0.29, 0.717) is 5.56 Å². The van der Waals surface area contributed by atoms with Crippen molar-refractivity contribution in [2.75, 3.05) is 0 Å². The number of nitro benzene ring substituents is 1. The van der Waals surface area contributed by atoms with E-state index in [1.165, 1.54) is 30.5 Å². The van der Waals surface area contributed by atoms with Crippen LogP contribution in [0.3, 0.4) is 0 Å². The number of hydrazone groups is 1. The molecular formula is C15H14N4O3. The van der Waals surface area contributed by atoms with Crippen LogP contribution < -0.4 is 5.43 Å². The molecule has 0 saturated carbocycles. The van der Waals surface area contributed by atoms with Crippen LogP contribution in [0.4, 0.5) is 5.69 Å². The molecule has 1 heterocycles. The fourth-order valence-electron chi connectivity index (χ4n) is 1.73. The third kappa shape index (κ3) is 3.95. The van der Waals surface area contributed by atoms with Crippen LogP contribution in [0.1, 0.15) is 28.5 Å². The van der Waals surface area contributed by atoms with E-state index in [9.17, 15) is 14.9 Å². The fourth-order valence-corrected chi connectivity index (χ4v) is 1.73. The molecule has 2 aromatic rings. The molecule has 0 spiro atoms. The van der Waals surface area contributed by atoms with E-state index in [4.69, 9.17) is 0 Å². The van der Waals surface area contributed by atoms with E-state index in [0.717, 1.165) is 17.7 Å². The fraction of sp³-hybridized carbons (Fsp3) is 0.133. The quantitative estimate of drug-likeness (QED) is 0.520. The molecule has 0 atom stereocenters. The standard InChI is InChI=1S/C15H14N4O3/c1-2-13-9-11(7-8-16-13)10-17-18-15(20)12-3-5-14(6-4-12)19(21)22/h3-10H,2H2,1H3,(H,18,20). The summed E-state index contributed by atoms with van der Waals surface area (Å²) in [4.78, 5) is 26.0. The molecule has 7 nitrogen and oxygen atoms in total. The summed E-state index contributed by atoms with van der Waals surface area (Å²) < 4.78 is 0. The summed E-state index contributed by atoms with van der Waals surface area (Å²) in [7, 11) is 0. The summed E-state index contributed by atoms with van der Waals surface area (Å²) in [6.07, 6.45) is 4.01. The molecule has 1 aromatic heterocycles. The van der Waals surface area contributed by atoms with Gasteiger partial charge in [-0.1, -0.05) is 6.92 Å². The number of nitrogens with zero attached hydrogens (tertiary/aromatic N) is 3. The third-order valence-corrected chi connectivity index (χ3v) is 2.92. The number of non-ortho nitro benzene ring substituents is 1. The minimum absolute atomic E-state index is 0.0658. The normalized spacial score (nSPS) is 10.6. The summed E-state index contributed by atoms with van der Waals surface area (Å²) in [5.41, 5.74) is 4.37. The van der Waals surface area contributed by atoms with Crippen molar-refractivity contribution >= 4 is 17.8 Å². The largest absolute Gasteiger partial charge is 0.271 e. The highest BCUT2D eigenvalue weighted by atomic mass is 16.6. The lowest BCUT2D eigenvalue weighted by Crippen LogP contribution is -2.17. The molecular weight excluding hydrogens is 284 g/mol. The molecule has 0 aliphatic carbocycles. The average molecular weight is 298 g/mol. The molecule has 7 heteroatoms. The van der Waals surface area contributed by atoms with Crippen LogP contribution in [0.5, 0.6) is 0 Å². The van der Waals surface area contributed by atoms with Gasteiger partial charge >= 0.3 is 0 Å². The van der Waals surface area contributed by atoms with Gasteiger partial charge < -0.3 is 0 Å². The van der Waals surface area contributed by atoms with Gasteiger partial charge in [-0.3, -0.25) is 19.9 Å². The van der Waals surface area contributed by atoms with Crippen LogP contribution in [-0.4, -0.2) is 22.0 Å². The Morgan fingerprint density at radius 2 is 2.09 bits per heavy atom.